The first-order chi connectivity index (χ1) is 10.8. The zero-order valence-corrected chi connectivity index (χ0v) is 13.2. The van der Waals surface area contributed by atoms with Crippen molar-refractivity contribution >= 4 is 0 Å². The van der Waals surface area contributed by atoms with Crippen LogP contribution in [0.3, 0.4) is 0 Å². The maximum absolute atomic E-state index is 6.11. The average Bonchev–Trinajstić information content (AvgIpc) is 2.99. The molecule has 2 atom stereocenters. The van der Waals surface area contributed by atoms with Crippen molar-refractivity contribution in [3.8, 4) is 0 Å². The van der Waals surface area contributed by atoms with Crippen LogP contribution in [0, 0.1) is 17.3 Å². The van der Waals surface area contributed by atoms with E-state index in [4.69, 9.17) is 9.47 Å². The molecule has 0 unspecified atom stereocenters. The third kappa shape index (κ3) is 2.92. The molecule has 120 valence electrons. The molecule has 0 amide bonds. The molecule has 4 nitrogen and oxygen atoms in total. The lowest BCUT2D eigenvalue weighted by Gasteiger charge is -2.30. The Morgan fingerprint density at radius 2 is 2.36 bits per heavy atom. The number of hydrogen-bond donors (Lipinski definition) is 0. The van der Waals surface area contributed by atoms with Gasteiger partial charge in [0.25, 0.3) is 0 Å². The second-order valence-electron chi connectivity index (χ2n) is 7.42. The second kappa shape index (κ2) is 6.26. The third-order valence-electron chi connectivity index (χ3n) is 5.69. The van der Waals surface area contributed by atoms with Crippen LogP contribution in [0.4, 0.5) is 0 Å². The van der Waals surface area contributed by atoms with E-state index in [1.807, 2.05) is 18.5 Å². The highest BCUT2D eigenvalue weighted by Gasteiger charge is 2.50. The number of rotatable bonds is 6. The van der Waals surface area contributed by atoms with E-state index in [-0.39, 0.29) is 5.41 Å². The molecule has 1 saturated carbocycles. The van der Waals surface area contributed by atoms with Gasteiger partial charge in [-0.05, 0) is 30.4 Å². The molecular weight excluding hydrogens is 276 g/mol. The van der Waals surface area contributed by atoms with Gasteiger partial charge in [-0.2, -0.15) is 0 Å². The van der Waals surface area contributed by atoms with Crippen LogP contribution in [0.25, 0.3) is 0 Å². The summed E-state index contributed by atoms with van der Waals surface area (Å²) in [5, 5.41) is 0. The van der Waals surface area contributed by atoms with Crippen molar-refractivity contribution < 1.29 is 9.47 Å². The first-order valence-electron chi connectivity index (χ1n) is 8.61. The first kappa shape index (κ1) is 14.6. The Hall–Kier alpha value is -0.970. The number of ether oxygens (including phenoxy) is 2. The number of nitrogens with zero attached hydrogens (tertiary/aromatic N) is 2. The third-order valence-corrected chi connectivity index (χ3v) is 5.69. The monoisotopic (exact) mass is 302 g/mol. The Balaban J connectivity index is 1.34. The van der Waals surface area contributed by atoms with Crippen LogP contribution >= 0.6 is 0 Å². The van der Waals surface area contributed by atoms with E-state index in [0.29, 0.717) is 5.92 Å². The highest BCUT2D eigenvalue weighted by atomic mass is 16.5. The Labute approximate surface area is 132 Å². The zero-order chi connectivity index (χ0) is 14.8. The molecule has 0 bridgehead atoms. The minimum absolute atomic E-state index is 0.228. The summed E-state index contributed by atoms with van der Waals surface area (Å²) in [4.78, 5) is 6.78. The quantitative estimate of drug-likeness (QED) is 0.808. The minimum atomic E-state index is 0.228. The lowest BCUT2D eigenvalue weighted by molar-refractivity contribution is -0.000857. The molecule has 22 heavy (non-hydrogen) atoms. The van der Waals surface area contributed by atoms with Crippen LogP contribution in [0.5, 0.6) is 0 Å². The van der Waals surface area contributed by atoms with Crippen LogP contribution in [-0.4, -0.2) is 49.4 Å². The summed E-state index contributed by atoms with van der Waals surface area (Å²) < 4.78 is 11.9. The van der Waals surface area contributed by atoms with Gasteiger partial charge in [-0.3, -0.25) is 9.88 Å². The summed E-state index contributed by atoms with van der Waals surface area (Å²) in [6.45, 7) is 6.81. The number of fused-ring (bicyclic) bond motifs is 1. The largest absolute Gasteiger partial charge is 0.380 e. The summed E-state index contributed by atoms with van der Waals surface area (Å²) in [6.07, 6.45) is 7.93. The Morgan fingerprint density at radius 1 is 1.41 bits per heavy atom. The molecule has 0 radical (unpaired) electrons. The smallest absolute Gasteiger partial charge is 0.0561 e. The van der Waals surface area contributed by atoms with Gasteiger partial charge in [-0.1, -0.05) is 12.5 Å². The molecular formula is C18H26N2O2. The van der Waals surface area contributed by atoms with E-state index in [2.05, 4.69) is 16.0 Å². The van der Waals surface area contributed by atoms with Crippen LogP contribution in [-0.2, 0) is 16.0 Å². The standard InChI is InChI=1S/C18H26N2O2/c1-3-15(4-1)10-21-13-18-12-20(9-17(18)11-22-14-18)8-16-5-2-6-19-7-16/h2,5-7,15,17H,1,3-4,8-14H2/t17-,18-/m1/s1. The van der Waals surface area contributed by atoms with E-state index < -0.39 is 0 Å². The van der Waals surface area contributed by atoms with Gasteiger partial charge in [0.2, 0.25) is 0 Å². The minimum Gasteiger partial charge on any atom is -0.380 e. The molecule has 2 saturated heterocycles. The molecule has 3 heterocycles. The van der Waals surface area contributed by atoms with Crippen LogP contribution in [0.1, 0.15) is 24.8 Å². The normalized spacial score (nSPS) is 32.1. The molecule has 1 aromatic rings. The molecule has 1 aliphatic carbocycles. The SMILES string of the molecule is c1cncc(CN2C[C@@H]3COC[C@]3(COCC3CCC3)C2)c1. The first-order valence-corrected chi connectivity index (χ1v) is 8.61. The zero-order valence-electron chi connectivity index (χ0n) is 13.2. The van der Waals surface area contributed by atoms with Crippen molar-refractivity contribution in [2.75, 3.05) is 39.5 Å². The summed E-state index contributed by atoms with van der Waals surface area (Å²) >= 11 is 0. The van der Waals surface area contributed by atoms with E-state index in [0.717, 1.165) is 52.0 Å². The van der Waals surface area contributed by atoms with E-state index in [1.165, 1.54) is 24.8 Å². The summed E-state index contributed by atoms with van der Waals surface area (Å²) in [5.74, 6) is 1.45. The Bertz CT molecular complexity index is 491. The number of likely N-dealkylation sites (tertiary alicyclic amines) is 1. The average molecular weight is 302 g/mol. The molecule has 1 aromatic heterocycles. The number of aromatic nitrogens is 1. The summed E-state index contributed by atoms with van der Waals surface area (Å²) in [7, 11) is 0. The van der Waals surface area contributed by atoms with Crippen LogP contribution < -0.4 is 0 Å². The van der Waals surface area contributed by atoms with Crippen molar-refractivity contribution in [1.29, 1.82) is 0 Å². The molecule has 0 aromatic carbocycles. The lowest BCUT2D eigenvalue weighted by atomic mass is 9.81. The second-order valence-corrected chi connectivity index (χ2v) is 7.42. The van der Waals surface area contributed by atoms with Gasteiger partial charge in [-0.25, -0.2) is 0 Å². The van der Waals surface area contributed by atoms with Crippen LogP contribution in [0.2, 0.25) is 0 Å². The number of pyridine rings is 1. The lowest BCUT2D eigenvalue weighted by Crippen LogP contribution is -2.36. The van der Waals surface area contributed by atoms with Gasteiger partial charge >= 0.3 is 0 Å². The van der Waals surface area contributed by atoms with Crippen molar-refractivity contribution in [2.24, 2.45) is 17.3 Å². The van der Waals surface area contributed by atoms with Crippen molar-refractivity contribution in [3.63, 3.8) is 0 Å². The summed E-state index contributed by atoms with van der Waals surface area (Å²) in [5.41, 5.74) is 1.53. The fraction of sp³-hybridized carbons (Fsp3) is 0.722. The molecule has 4 heteroatoms. The predicted octanol–water partition coefficient (Wildman–Crippen LogP) is 2.35. The molecule has 2 aliphatic heterocycles. The maximum Gasteiger partial charge on any atom is 0.0561 e. The maximum atomic E-state index is 6.11. The van der Waals surface area contributed by atoms with Gasteiger partial charge in [0.05, 0.1) is 19.8 Å². The molecule has 4 rings (SSSR count). The predicted molar refractivity (Wildman–Crippen MR) is 84.4 cm³/mol. The van der Waals surface area contributed by atoms with Crippen molar-refractivity contribution in [1.82, 2.24) is 9.88 Å². The fourth-order valence-corrected chi connectivity index (χ4v) is 4.11. The van der Waals surface area contributed by atoms with Crippen molar-refractivity contribution in [3.05, 3.63) is 30.1 Å². The topological polar surface area (TPSA) is 34.6 Å². The molecule has 0 N–H and O–H groups in total. The highest BCUT2D eigenvalue weighted by Crippen LogP contribution is 2.42. The van der Waals surface area contributed by atoms with Gasteiger partial charge in [0.1, 0.15) is 0 Å². The van der Waals surface area contributed by atoms with Crippen molar-refractivity contribution in [2.45, 2.75) is 25.8 Å². The molecule has 3 fully saturated rings. The van der Waals surface area contributed by atoms with Crippen LogP contribution in [0.15, 0.2) is 24.5 Å². The van der Waals surface area contributed by atoms with Gasteiger partial charge in [0, 0.05) is 50.0 Å². The molecule has 0 spiro atoms. The van der Waals surface area contributed by atoms with E-state index in [1.54, 1.807) is 0 Å². The Morgan fingerprint density at radius 3 is 3.14 bits per heavy atom. The summed E-state index contributed by atoms with van der Waals surface area (Å²) in [6, 6.07) is 4.18. The van der Waals surface area contributed by atoms with E-state index >= 15 is 0 Å². The fourth-order valence-electron chi connectivity index (χ4n) is 4.11. The van der Waals surface area contributed by atoms with Gasteiger partial charge < -0.3 is 9.47 Å². The van der Waals surface area contributed by atoms with Gasteiger partial charge in [0.15, 0.2) is 0 Å². The van der Waals surface area contributed by atoms with Gasteiger partial charge in [-0.15, -0.1) is 0 Å². The molecule has 3 aliphatic rings. The Kier molecular flexibility index (Phi) is 4.16. The van der Waals surface area contributed by atoms with E-state index in [9.17, 15) is 0 Å². The highest BCUT2D eigenvalue weighted by molar-refractivity contribution is 5.10. The number of hydrogen-bond acceptors (Lipinski definition) is 4.